The average Bonchev–Trinajstić information content (AvgIpc) is 3.00. The number of amides is 3. The third-order valence-electron chi connectivity index (χ3n) is 7.32. The molecule has 0 aliphatic carbocycles. The van der Waals surface area contributed by atoms with E-state index < -0.39 is 12.1 Å². The van der Waals surface area contributed by atoms with Crippen LogP contribution >= 0.6 is 0 Å². The third kappa shape index (κ3) is 12.1. The number of carbonyl (C=O) groups is 3. The van der Waals surface area contributed by atoms with E-state index in [0.717, 1.165) is 18.4 Å². The number of aliphatic hydroxyl groups excluding tert-OH is 1. The summed E-state index contributed by atoms with van der Waals surface area (Å²) in [5.74, 6) is -0.230. The average molecular weight is 609 g/mol. The molecule has 2 aromatic carbocycles. The quantitative estimate of drug-likeness (QED) is 0.131. The van der Waals surface area contributed by atoms with Crippen molar-refractivity contribution < 1.29 is 24.5 Å². The number of benzene rings is 2. The number of carbonyl (C=O) groups excluding carboxylic acids is 3. The minimum absolute atomic E-state index is 0.0189. The SMILES string of the molecule is CCCN(CCC)C(=O)c1cccc(C(=O)N[C@H](CN[C@@H](C)C(=O)N[C@H](C(O)=[NH+]CC(C)C)C(C)C)Cc2ccccc2)c1. The minimum atomic E-state index is -0.576. The van der Waals surface area contributed by atoms with E-state index in [1.807, 2.05) is 76.8 Å². The molecule has 0 unspecified atom stereocenters. The van der Waals surface area contributed by atoms with Crippen LogP contribution in [0.3, 0.4) is 0 Å². The molecule has 0 aromatic heterocycles. The first kappa shape index (κ1) is 36.5. The molecular weight excluding hydrogens is 554 g/mol. The van der Waals surface area contributed by atoms with Gasteiger partial charge in [0, 0.05) is 42.7 Å². The highest BCUT2D eigenvalue weighted by atomic mass is 16.3. The maximum absolute atomic E-state index is 13.4. The van der Waals surface area contributed by atoms with Gasteiger partial charge in [0.05, 0.1) is 6.04 Å². The highest BCUT2D eigenvalue weighted by molar-refractivity contribution is 5.99. The van der Waals surface area contributed by atoms with E-state index >= 15 is 0 Å². The lowest BCUT2D eigenvalue weighted by Gasteiger charge is -2.24. The van der Waals surface area contributed by atoms with Crippen LogP contribution in [-0.2, 0) is 11.2 Å². The van der Waals surface area contributed by atoms with Gasteiger partial charge in [0.15, 0.2) is 6.04 Å². The second-order valence-electron chi connectivity index (χ2n) is 12.3. The molecule has 0 bridgehead atoms. The predicted molar refractivity (Wildman–Crippen MR) is 177 cm³/mol. The van der Waals surface area contributed by atoms with Gasteiger partial charge in [-0.25, -0.2) is 4.99 Å². The van der Waals surface area contributed by atoms with Crippen molar-refractivity contribution in [2.75, 3.05) is 26.2 Å². The Morgan fingerprint density at radius 2 is 1.50 bits per heavy atom. The zero-order valence-electron chi connectivity index (χ0n) is 27.7. The summed E-state index contributed by atoms with van der Waals surface area (Å²) >= 11 is 0. The van der Waals surface area contributed by atoms with Crippen molar-refractivity contribution in [2.45, 2.75) is 85.9 Å². The molecular formula is C35H54N5O4+. The van der Waals surface area contributed by atoms with Crippen molar-refractivity contribution in [1.29, 1.82) is 0 Å². The van der Waals surface area contributed by atoms with E-state index in [1.165, 1.54) is 0 Å². The number of rotatable bonds is 18. The Labute approximate surface area is 263 Å². The van der Waals surface area contributed by atoms with Gasteiger partial charge in [0.25, 0.3) is 11.8 Å². The lowest BCUT2D eigenvalue weighted by Crippen LogP contribution is -2.78. The molecule has 3 atom stereocenters. The Kier molecular flexibility index (Phi) is 15.6. The molecule has 9 heteroatoms. The monoisotopic (exact) mass is 608 g/mol. The summed E-state index contributed by atoms with van der Waals surface area (Å²) in [7, 11) is 0. The van der Waals surface area contributed by atoms with E-state index in [0.29, 0.717) is 49.6 Å². The molecule has 5 N–H and O–H groups in total. The standard InChI is InChI=1S/C35H53N5O4/c1-8-18-40(19-9-2)35(44)29-17-13-16-28(21-29)33(42)38-30(20-27-14-11-10-12-15-27)23-36-26(7)32(41)39-31(25(5)6)34(43)37-22-24(3)4/h10-17,21,24-26,30-31,36H,8-9,18-20,22-23H2,1-7H3,(H,37,43)(H,38,42)(H,39,41)/p+1/t26-,30-,31-/m0/s1. The molecule has 0 heterocycles. The van der Waals surface area contributed by atoms with Crippen molar-refractivity contribution in [1.82, 2.24) is 20.9 Å². The van der Waals surface area contributed by atoms with E-state index in [1.54, 1.807) is 31.2 Å². The van der Waals surface area contributed by atoms with Gasteiger partial charge < -0.3 is 26.0 Å². The Balaban J connectivity index is 2.15. The van der Waals surface area contributed by atoms with Gasteiger partial charge in [-0.3, -0.25) is 14.4 Å². The van der Waals surface area contributed by atoms with Crippen LogP contribution in [0.2, 0.25) is 0 Å². The van der Waals surface area contributed by atoms with Crippen LogP contribution < -0.4 is 20.9 Å². The van der Waals surface area contributed by atoms with Crippen LogP contribution in [0, 0.1) is 11.8 Å². The lowest BCUT2D eigenvalue weighted by atomic mass is 10.0. The first-order valence-electron chi connectivity index (χ1n) is 16.0. The van der Waals surface area contributed by atoms with Gasteiger partial charge >= 0.3 is 5.90 Å². The largest absolute Gasteiger partial charge is 0.462 e. The number of nitrogens with zero attached hydrogens (tertiary/aromatic N) is 1. The molecule has 242 valence electrons. The fourth-order valence-electron chi connectivity index (χ4n) is 4.83. The van der Waals surface area contributed by atoms with Gasteiger partial charge in [-0.1, -0.05) is 77.9 Å². The van der Waals surface area contributed by atoms with Crippen LogP contribution in [-0.4, -0.2) is 77.9 Å². The molecule has 44 heavy (non-hydrogen) atoms. The van der Waals surface area contributed by atoms with Crippen molar-refractivity contribution >= 4 is 23.6 Å². The van der Waals surface area contributed by atoms with Crippen molar-refractivity contribution in [3.05, 3.63) is 71.3 Å². The fourth-order valence-corrected chi connectivity index (χ4v) is 4.83. The van der Waals surface area contributed by atoms with Gasteiger partial charge in [0.1, 0.15) is 6.54 Å². The predicted octanol–water partition coefficient (Wildman–Crippen LogP) is 3.10. The van der Waals surface area contributed by atoms with Crippen molar-refractivity contribution in [3.63, 3.8) is 0 Å². The molecule has 0 spiro atoms. The van der Waals surface area contributed by atoms with Crippen LogP contribution in [0.1, 0.15) is 87.6 Å². The fraction of sp³-hybridized carbons (Fsp3) is 0.543. The van der Waals surface area contributed by atoms with Gasteiger partial charge in [0.2, 0.25) is 5.91 Å². The smallest absolute Gasteiger partial charge is 0.355 e. The van der Waals surface area contributed by atoms with Gasteiger partial charge in [-0.05, 0) is 55.9 Å². The molecule has 3 amide bonds. The van der Waals surface area contributed by atoms with E-state index in [4.69, 9.17) is 0 Å². The molecule has 0 aliphatic heterocycles. The first-order chi connectivity index (χ1) is 21.0. The maximum Gasteiger partial charge on any atom is 0.355 e. The summed E-state index contributed by atoms with van der Waals surface area (Å²) in [6.07, 6.45) is 2.28. The second kappa shape index (κ2) is 18.8. The third-order valence-corrected chi connectivity index (χ3v) is 7.32. The van der Waals surface area contributed by atoms with Crippen LogP contribution in [0.25, 0.3) is 0 Å². The number of aliphatic hydroxyl groups is 1. The number of hydrogen-bond acceptors (Lipinski definition) is 4. The minimum Gasteiger partial charge on any atom is -0.462 e. The summed E-state index contributed by atoms with van der Waals surface area (Å²) in [6.45, 7) is 16.1. The van der Waals surface area contributed by atoms with Crippen LogP contribution in [0.4, 0.5) is 0 Å². The zero-order valence-corrected chi connectivity index (χ0v) is 27.7. The molecule has 9 nitrogen and oxygen atoms in total. The Morgan fingerprint density at radius 1 is 0.864 bits per heavy atom. The topological polar surface area (TPSA) is 125 Å². The molecule has 0 radical (unpaired) electrons. The highest BCUT2D eigenvalue weighted by Crippen LogP contribution is 2.12. The van der Waals surface area contributed by atoms with Crippen LogP contribution in [0.15, 0.2) is 54.6 Å². The highest BCUT2D eigenvalue weighted by Gasteiger charge is 2.28. The first-order valence-corrected chi connectivity index (χ1v) is 16.0. The summed E-state index contributed by atoms with van der Waals surface area (Å²) in [6, 6.07) is 15.3. The molecule has 0 saturated heterocycles. The Morgan fingerprint density at radius 3 is 2.09 bits per heavy atom. The maximum atomic E-state index is 13.4. The Bertz CT molecular complexity index is 1210. The van der Waals surface area contributed by atoms with Crippen molar-refractivity contribution in [3.8, 4) is 0 Å². The summed E-state index contributed by atoms with van der Waals surface area (Å²) in [5, 5.41) is 19.9. The van der Waals surface area contributed by atoms with E-state index in [2.05, 4.69) is 20.9 Å². The zero-order chi connectivity index (χ0) is 32.6. The summed E-state index contributed by atoms with van der Waals surface area (Å²) in [5.41, 5.74) is 1.95. The van der Waals surface area contributed by atoms with Gasteiger partial charge in [-0.15, -0.1) is 0 Å². The number of nitrogens with one attached hydrogen (secondary N) is 4. The van der Waals surface area contributed by atoms with Crippen LogP contribution in [0.5, 0.6) is 0 Å². The molecule has 2 rings (SSSR count). The second-order valence-corrected chi connectivity index (χ2v) is 12.3. The van der Waals surface area contributed by atoms with Gasteiger partial charge in [-0.2, -0.15) is 0 Å². The van der Waals surface area contributed by atoms with E-state index in [-0.39, 0.29) is 35.6 Å². The normalized spacial score (nSPS) is 13.8. The summed E-state index contributed by atoms with van der Waals surface area (Å²) < 4.78 is 0. The summed E-state index contributed by atoms with van der Waals surface area (Å²) in [4.78, 5) is 44.6. The number of hydrogen-bond donors (Lipinski definition) is 5. The van der Waals surface area contributed by atoms with Crippen molar-refractivity contribution in [2.24, 2.45) is 11.8 Å². The molecule has 0 saturated carbocycles. The molecule has 2 aromatic rings. The van der Waals surface area contributed by atoms with E-state index in [9.17, 15) is 19.5 Å². The lowest BCUT2D eigenvalue weighted by molar-refractivity contribution is -0.476. The molecule has 0 fully saturated rings. The Hall–Kier alpha value is -3.72. The molecule has 0 aliphatic rings.